The standard InChI is InChI=1S/C15H18N2O3S2/c1-8(2)17-9(3)5-11(10(17)4)6-12-14(20)16(7-13(18)19)15(21)22-12/h5-6,8H,7H2,1-4H3,(H,18,19)/b12-6+. The van der Waals surface area contributed by atoms with Gasteiger partial charge in [-0.05, 0) is 45.4 Å². The molecule has 7 heteroatoms. The van der Waals surface area contributed by atoms with Gasteiger partial charge in [0.25, 0.3) is 5.91 Å². The number of rotatable bonds is 4. The highest BCUT2D eigenvalue weighted by molar-refractivity contribution is 8.26. The second-order valence-corrected chi connectivity index (χ2v) is 7.13. The molecule has 0 aliphatic carbocycles. The van der Waals surface area contributed by atoms with Crippen LogP contribution >= 0.6 is 24.0 Å². The van der Waals surface area contributed by atoms with E-state index in [4.69, 9.17) is 17.3 Å². The molecule has 1 saturated heterocycles. The molecule has 1 aliphatic heterocycles. The van der Waals surface area contributed by atoms with E-state index in [0.29, 0.717) is 10.9 Å². The Balaban J connectivity index is 2.35. The van der Waals surface area contributed by atoms with Gasteiger partial charge >= 0.3 is 5.97 Å². The number of thioether (sulfide) groups is 1. The SMILES string of the molecule is Cc1cc(/C=C2/SC(=S)N(CC(=O)O)C2=O)c(C)n1C(C)C. The fourth-order valence-corrected chi connectivity index (χ4v) is 3.90. The fourth-order valence-electron chi connectivity index (χ4n) is 2.66. The second-order valence-electron chi connectivity index (χ2n) is 5.45. The number of carboxylic acid groups (broad SMARTS) is 1. The highest BCUT2D eigenvalue weighted by Gasteiger charge is 2.33. The first kappa shape index (κ1) is 16.8. The number of thiocarbonyl (C=S) groups is 1. The lowest BCUT2D eigenvalue weighted by Crippen LogP contribution is -2.33. The number of aliphatic carboxylic acids is 1. The number of amides is 1. The highest BCUT2D eigenvalue weighted by Crippen LogP contribution is 2.33. The number of carboxylic acids is 1. The molecule has 2 rings (SSSR count). The van der Waals surface area contributed by atoms with E-state index in [1.165, 1.54) is 0 Å². The maximum atomic E-state index is 12.3. The average Bonchev–Trinajstić information content (AvgIpc) is 2.81. The normalized spacial score (nSPS) is 17.1. The average molecular weight is 338 g/mol. The van der Waals surface area contributed by atoms with Crippen LogP contribution < -0.4 is 0 Å². The van der Waals surface area contributed by atoms with Crippen LogP contribution in [-0.4, -0.2) is 37.3 Å². The summed E-state index contributed by atoms with van der Waals surface area (Å²) < 4.78 is 2.49. The molecule has 1 fully saturated rings. The number of hydrogen-bond donors (Lipinski definition) is 1. The largest absolute Gasteiger partial charge is 0.480 e. The quantitative estimate of drug-likeness (QED) is 0.675. The molecule has 22 heavy (non-hydrogen) atoms. The molecule has 1 amide bonds. The lowest BCUT2D eigenvalue weighted by molar-refractivity contribution is -0.140. The van der Waals surface area contributed by atoms with Crippen LogP contribution in [0.25, 0.3) is 6.08 Å². The van der Waals surface area contributed by atoms with Crippen LogP contribution in [0.4, 0.5) is 0 Å². The predicted molar refractivity (Wildman–Crippen MR) is 91.8 cm³/mol. The van der Waals surface area contributed by atoms with Gasteiger partial charge in [-0.1, -0.05) is 24.0 Å². The second kappa shape index (κ2) is 6.26. The molecule has 0 atom stereocenters. The maximum Gasteiger partial charge on any atom is 0.323 e. The van der Waals surface area contributed by atoms with E-state index in [9.17, 15) is 9.59 Å². The van der Waals surface area contributed by atoms with Crippen LogP contribution in [0.2, 0.25) is 0 Å². The molecule has 0 spiro atoms. The van der Waals surface area contributed by atoms with E-state index in [1.807, 2.05) is 19.9 Å². The molecule has 1 aromatic heterocycles. The summed E-state index contributed by atoms with van der Waals surface area (Å²) in [6.07, 6.45) is 1.79. The van der Waals surface area contributed by atoms with Crippen molar-refractivity contribution in [1.29, 1.82) is 0 Å². The van der Waals surface area contributed by atoms with Gasteiger partial charge in [0, 0.05) is 17.4 Å². The van der Waals surface area contributed by atoms with Gasteiger partial charge in [-0.2, -0.15) is 0 Å². The first-order valence-electron chi connectivity index (χ1n) is 6.88. The lowest BCUT2D eigenvalue weighted by Gasteiger charge is -2.13. The summed E-state index contributed by atoms with van der Waals surface area (Å²) in [7, 11) is 0. The zero-order valence-electron chi connectivity index (χ0n) is 12.9. The Morgan fingerprint density at radius 2 is 2.09 bits per heavy atom. The Bertz CT molecular complexity index is 689. The van der Waals surface area contributed by atoms with Crippen molar-refractivity contribution < 1.29 is 14.7 Å². The molecule has 1 aliphatic rings. The van der Waals surface area contributed by atoms with Crippen LogP contribution in [0.3, 0.4) is 0 Å². The minimum atomic E-state index is -1.07. The van der Waals surface area contributed by atoms with Crippen molar-refractivity contribution in [1.82, 2.24) is 9.47 Å². The zero-order valence-corrected chi connectivity index (χ0v) is 14.5. The molecule has 1 N–H and O–H groups in total. The maximum absolute atomic E-state index is 12.3. The molecular formula is C15H18N2O3S2. The Morgan fingerprint density at radius 1 is 1.45 bits per heavy atom. The first-order valence-corrected chi connectivity index (χ1v) is 8.10. The predicted octanol–water partition coefficient (Wildman–Crippen LogP) is 2.97. The van der Waals surface area contributed by atoms with Crippen LogP contribution in [-0.2, 0) is 9.59 Å². The smallest absolute Gasteiger partial charge is 0.323 e. The molecule has 0 bridgehead atoms. The van der Waals surface area contributed by atoms with Crippen molar-refractivity contribution in [2.45, 2.75) is 33.7 Å². The third-order valence-electron chi connectivity index (χ3n) is 3.49. The van der Waals surface area contributed by atoms with Crippen molar-refractivity contribution >= 4 is 46.3 Å². The van der Waals surface area contributed by atoms with E-state index >= 15 is 0 Å². The molecule has 0 radical (unpaired) electrons. The van der Waals surface area contributed by atoms with Gasteiger partial charge < -0.3 is 9.67 Å². The number of aryl methyl sites for hydroxylation is 1. The number of carbonyl (C=O) groups excluding carboxylic acids is 1. The fraction of sp³-hybridized carbons (Fsp3) is 0.400. The lowest BCUT2D eigenvalue weighted by atomic mass is 10.2. The summed E-state index contributed by atoms with van der Waals surface area (Å²) in [5, 5.41) is 8.84. The van der Waals surface area contributed by atoms with Crippen molar-refractivity contribution in [2.75, 3.05) is 6.54 Å². The van der Waals surface area contributed by atoms with Crippen molar-refractivity contribution in [3.8, 4) is 0 Å². The van der Waals surface area contributed by atoms with Gasteiger partial charge in [0.1, 0.15) is 10.9 Å². The van der Waals surface area contributed by atoms with Gasteiger partial charge in [0.2, 0.25) is 0 Å². The Kier molecular flexibility index (Phi) is 4.77. The first-order chi connectivity index (χ1) is 10.2. The van der Waals surface area contributed by atoms with Gasteiger partial charge in [-0.15, -0.1) is 0 Å². The third-order valence-corrected chi connectivity index (χ3v) is 4.87. The summed E-state index contributed by atoms with van der Waals surface area (Å²) in [6, 6.07) is 2.36. The van der Waals surface area contributed by atoms with E-state index in [-0.39, 0.29) is 10.2 Å². The Labute approximate surface area is 139 Å². The van der Waals surface area contributed by atoms with Crippen LogP contribution in [0.5, 0.6) is 0 Å². The van der Waals surface area contributed by atoms with Gasteiger partial charge in [0.05, 0.1) is 4.91 Å². The third kappa shape index (κ3) is 3.10. The topological polar surface area (TPSA) is 62.5 Å². The van der Waals surface area contributed by atoms with Crippen LogP contribution in [0.15, 0.2) is 11.0 Å². The molecular weight excluding hydrogens is 320 g/mol. The van der Waals surface area contributed by atoms with E-state index < -0.39 is 12.5 Å². The van der Waals surface area contributed by atoms with E-state index in [2.05, 4.69) is 18.4 Å². The number of carbonyl (C=O) groups is 2. The van der Waals surface area contributed by atoms with Crippen LogP contribution in [0, 0.1) is 13.8 Å². The molecule has 0 saturated carbocycles. The Morgan fingerprint density at radius 3 is 2.59 bits per heavy atom. The summed E-state index contributed by atoms with van der Waals surface area (Å²) in [5.41, 5.74) is 3.16. The minimum absolute atomic E-state index is 0.288. The van der Waals surface area contributed by atoms with Crippen LogP contribution in [0.1, 0.15) is 36.8 Å². The molecule has 0 unspecified atom stereocenters. The minimum Gasteiger partial charge on any atom is -0.480 e. The molecule has 2 heterocycles. The molecule has 1 aromatic rings. The van der Waals surface area contributed by atoms with Crippen molar-refractivity contribution in [3.05, 3.63) is 27.9 Å². The van der Waals surface area contributed by atoms with Crippen molar-refractivity contribution in [3.63, 3.8) is 0 Å². The monoisotopic (exact) mass is 338 g/mol. The summed E-state index contributed by atoms with van der Waals surface area (Å²) >= 11 is 6.24. The number of nitrogens with zero attached hydrogens (tertiary/aromatic N) is 2. The number of hydrogen-bond acceptors (Lipinski definition) is 4. The summed E-state index contributed by atoms with van der Waals surface area (Å²) in [5.74, 6) is -1.41. The molecule has 5 nitrogen and oxygen atoms in total. The van der Waals surface area contributed by atoms with Gasteiger partial charge in [0.15, 0.2) is 0 Å². The summed E-state index contributed by atoms with van der Waals surface area (Å²) in [6.45, 7) is 7.86. The highest BCUT2D eigenvalue weighted by atomic mass is 32.2. The van der Waals surface area contributed by atoms with E-state index in [0.717, 1.165) is 33.6 Å². The Hall–Kier alpha value is -1.60. The number of aromatic nitrogens is 1. The van der Waals surface area contributed by atoms with Crippen molar-refractivity contribution in [2.24, 2.45) is 0 Å². The van der Waals surface area contributed by atoms with Gasteiger partial charge in [-0.3, -0.25) is 14.5 Å². The zero-order chi connectivity index (χ0) is 16.6. The van der Waals surface area contributed by atoms with E-state index in [1.54, 1.807) is 6.08 Å². The molecule has 118 valence electrons. The molecule has 0 aromatic carbocycles. The van der Waals surface area contributed by atoms with Gasteiger partial charge in [-0.25, -0.2) is 0 Å². The summed E-state index contributed by atoms with van der Waals surface area (Å²) in [4.78, 5) is 24.7.